The predicted molar refractivity (Wildman–Crippen MR) is 134 cm³/mol. The number of carbonyl (C=O) groups excluding carboxylic acids is 1. The van der Waals surface area contributed by atoms with E-state index in [1.54, 1.807) is 11.3 Å². The average molecular weight is 449 g/mol. The van der Waals surface area contributed by atoms with Gasteiger partial charge in [0.2, 0.25) is 0 Å². The molecule has 1 aromatic heterocycles. The van der Waals surface area contributed by atoms with Gasteiger partial charge in [-0.1, -0.05) is 30.8 Å². The molecule has 0 saturated carbocycles. The van der Waals surface area contributed by atoms with Crippen molar-refractivity contribution in [1.82, 2.24) is 4.90 Å². The van der Waals surface area contributed by atoms with E-state index in [1.165, 1.54) is 17.7 Å². The third-order valence-electron chi connectivity index (χ3n) is 5.46. The van der Waals surface area contributed by atoms with E-state index >= 15 is 0 Å². The van der Waals surface area contributed by atoms with Crippen molar-refractivity contribution in [1.29, 1.82) is 0 Å². The van der Waals surface area contributed by atoms with Crippen LogP contribution in [0.5, 0.6) is 0 Å². The van der Waals surface area contributed by atoms with Crippen molar-refractivity contribution in [3.05, 3.63) is 72.1 Å². The molecule has 1 saturated heterocycles. The zero-order valence-electron chi connectivity index (χ0n) is 18.0. The third kappa shape index (κ3) is 5.69. The number of anilines is 3. The Balaban J connectivity index is 1.31. The zero-order chi connectivity index (χ0) is 22.3. The highest BCUT2D eigenvalue weighted by atomic mass is 32.1. The molecule has 7 heteroatoms. The maximum absolute atomic E-state index is 12.0. The number of amides is 1. The van der Waals surface area contributed by atoms with Gasteiger partial charge < -0.3 is 15.8 Å². The fourth-order valence-corrected chi connectivity index (χ4v) is 4.40. The summed E-state index contributed by atoms with van der Waals surface area (Å²) in [4.78, 5) is 15.5. The lowest BCUT2D eigenvalue weighted by Gasteiger charge is -2.15. The molecule has 4 N–H and O–H groups in total. The quantitative estimate of drug-likeness (QED) is 0.384. The lowest BCUT2D eigenvalue weighted by Crippen LogP contribution is -2.26. The summed E-state index contributed by atoms with van der Waals surface area (Å²) in [6, 6.07) is 17.5. The van der Waals surface area contributed by atoms with Crippen LogP contribution < -0.4 is 16.4 Å². The number of likely N-dealkylation sites (tertiary alicyclic amines) is 1. The van der Waals surface area contributed by atoms with Crippen LogP contribution in [-0.4, -0.2) is 37.2 Å². The fourth-order valence-electron chi connectivity index (χ4n) is 3.68. The van der Waals surface area contributed by atoms with Crippen molar-refractivity contribution < 1.29 is 9.53 Å². The van der Waals surface area contributed by atoms with Gasteiger partial charge in [-0.15, -0.1) is 11.3 Å². The van der Waals surface area contributed by atoms with Gasteiger partial charge in [-0.2, -0.15) is 0 Å². The molecule has 3 aromatic rings. The minimum Gasteiger partial charge on any atom is -0.448 e. The van der Waals surface area contributed by atoms with Crippen molar-refractivity contribution in [2.24, 2.45) is 0 Å². The van der Waals surface area contributed by atoms with Crippen LogP contribution in [0.1, 0.15) is 18.4 Å². The number of thiophene rings is 1. The van der Waals surface area contributed by atoms with E-state index in [9.17, 15) is 4.79 Å². The van der Waals surface area contributed by atoms with Gasteiger partial charge in [-0.05, 0) is 72.8 Å². The van der Waals surface area contributed by atoms with Crippen molar-refractivity contribution in [2.45, 2.75) is 12.8 Å². The minimum atomic E-state index is -0.438. The number of nitrogen functional groups attached to an aromatic ring is 1. The summed E-state index contributed by atoms with van der Waals surface area (Å²) in [5.41, 5.74) is 11.0. The average Bonchev–Trinajstić information content (AvgIpc) is 3.50. The zero-order valence-corrected chi connectivity index (χ0v) is 18.8. The maximum Gasteiger partial charge on any atom is 0.411 e. The Labute approximate surface area is 192 Å². The Morgan fingerprint density at radius 2 is 1.88 bits per heavy atom. The molecule has 166 valence electrons. The standard InChI is InChI=1S/C25H28N4O2S/c1-18(27-23-17-20(8-11-22(23)26)24-5-4-16-32-24)19-6-9-21(10-7-19)28-25(30)31-15-14-29-12-2-3-13-29/h4-11,16-17,27H,1-3,12-15,26H2,(H,28,30). The summed E-state index contributed by atoms with van der Waals surface area (Å²) in [5.74, 6) is 0. The number of nitrogens with two attached hydrogens (primary N) is 1. The minimum absolute atomic E-state index is 0.399. The predicted octanol–water partition coefficient (Wildman–Crippen LogP) is 5.72. The summed E-state index contributed by atoms with van der Waals surface area (Å²) in [6.07, 6.45) is 2.02. The summed E-state index contributed by atoms with van der Waals surface area (Å²) < 4.78 is 5.28. The first kappa shape index (κ1) is 21.9. The second-order valence-electron chi connectivity index (χ2n) is 7.77. The molecule has 2 heterocycles. The van der Waals surface area contributed by atoms with Crippen molar-refractivity contribution >= 4 is 40.2 Å². The van der Waals surface area contributed by atoms with Gasteiger partial charge in [-0.3, -0.25) is 10.2 Å². The second-order valence-corrected chi connectivity index (χ2v) is 8.72. The van der Waals surface area contributed by atoms with E-state index in [0.29, 0.717) is 18.0 Å². The number of nitrogens with zero attached hydrogens (tertiary/aromatic N) is 1. The lowest BCUT2D eigenvalue weighted by molar-refractivity contribution is 0.146. The fraction of sp³-hybridized carbons (Fsp3) is 0.240. The van der Waals surface area contributed by atoms with Gasteiger partial charge in [-0.25, -0.2) is 4.79 Å². The van der Waals surface area contributed by atoms with Crippen molar-refractivity contribution in [2.75, 3.05) is 42.6 Å². The normalized spacial score (nSPS) is 13.6. The molecule has 0 atom stereocenters. The van der Waals surface area contributed by atoms with Crippen LogP contribution in [0.2, 0.25) is 0 Å². The van der Waals surface area contributed by atoms with E-state index in [1.807, 2.05) is 48.5 Å². The first-order valence-corrected chi connectivity index (χ1v) is 11.6. The Morgan fingerprint density at radius 1 is 1.09 bits per heavy atom. The van der Waals surface area contributed by atoms with Gasteiger partial charge in [0.1, 0.15) is 6.61 Å². The number of hydrogen-bond acceptors (Lipinski definition) is 6. The monoisotopic (exact) mass is 448 g/mol. The molecule has 1 aliphatic heterocycles. The van der Waals surface area contributed by atoms with Crippen molar-refractivity contribution in [3.63, 3.8) is 0 Å². The molecule has 0 spiro atoms. The van der Waals surface area contributed by atoms with Crippen molar-refractivity contribution in [3.8, 4) is 10.4 Å². The number of benzene rings is 2. The SMILES string of the molecule is C=C(Nc1cc(-c2cccs2)ccc1N)c1ccc(NC(=O)OCCN2CCCC2)cc1. The number of carbonyl (C=O) groups is 1. The first-order valence-electron chi connectivity index (χ1n) is 10.7. The Morgan fingerprint density at radius 3 is 2.59 bits per heavy atom. The first-order chi connectivity index (χ1) is 15.6. The molecule has 0 bridgehead atoms. The van der Waals surface area contributed by atoms with Gasteiger partial charge in [0.05, 0.1) is 11.4 Å². The molecule has 1 aliphatic rings. The molecule has 1 amide bonds. The molecule has 2 aromatic carbocycles. The van der Waals surface area contributed by atoms with E-state index in [2.05, 4.69) is 33.6 Å². The van der Waals surface area contributed by atoms with E-state index in [0.717, 1.165) is 42.1 Å². The van der Waals surface area contributed by atoms with Crippen LogP contribution in [0, 0.1) is 0 Å². The lowest BCUT2D eigenvalue weighted by atomic mass is 10.1. The van der Waals surface area contributed by atoms with Crippen LogP contribution in [-0.2, 0) is 4.74 Å². The Hall–Kier alpha value is -3.29. The molecule has 0 unspecified atom stereocenters. The van der Waals surface area contributed by atoms with Gasteiger partial charge in [0.25, 0.3) is 0 Å². The van der Waals surface area contributed by atoms with Crippen LogP contribution in [0.25, 0.3) is 16.1 Å². The number of ether oxygens (including phenoxy) is 1. The molecule has 1 fully saturated rings. The summed E-state index contributed by atoms with van der Waals surface area (Å²) in [7, 11) is 0. The van der Waals surface area contributed by atoms with E-state index in [4.69, 9.17) is 10.5 Å². The Kier molecular flexibility index (Phi) is 7.09. The second kappa shape index (κ2) is 10.3. The van der Waals surface area contributed by atoms with Gasteiger partial charge >= 0.3 is 6.09 Å². The summed E-state index contributed by atoms with van der Waals surface area (Å²) in [5, 5.41) is 8.13. The highest BCUT2D eigenvalue weighted by Crippen LogP contribution is 2.31. The molecule has 0 aliphatic carbocycles. The maximum atomic E-state index is 12.0. The van der Waals surface area contributed by atoms with Gasteiger partial charge in [0.15, 0.2) is 0 Å². The topological polar surface area (TPSA) is 79.6 Å². The number of nitrogens with one attached hydrogen (secondary N) is 2. The largest absolute Gasteiger partial charge is 0.448 e. The summed E-state index contributed by atoms with van der Waals surface area (Å²) in [6.45, 7) is 7.51. The van der Waals surface area contributed by atoms with Crippen LogP contribution in [0.4, 0.5) is 21.9 Å². The van der Waals surface area contributed by atoms with E-state index < -0.39 is 6.09 Å². The molecule has 32 heavy (non-hydrogen) atoms. The molecule has 4 rings (SSSR count). The number of hydrogen-bond donors (Lipinski definition) is 3. The number of rotatable bonds is 8. The summed E-state index contributed by atoms with van der Waals surface area (Å²) >= 11 is 1.69. The third-order valence-corrected chi connectivity index (χ3v) is 6.38. The van der Waals surface area contributed by atoms with Crippen LogP contribution in [0.3, 0.4) is 0 Å². The van der Waals surface area contributed by atoms with E-state index in [-0.39, 0.29) is 0 Å². The smallest absolute Gasteiger partial charge is 0.411 e. The van der Waals surface area contributed by atoms with Crippen LogP contribution >= 0.6 is 11.3 Å². The molecular formula is C25H28N4O2S. The molecular weight excluding hydrogens is 420 g/mol. The highest BCUT2D eigenvalue weighted by molar-refractivity contribution is 7.13. The Bertz CT molecular complexity index is 1060. The highest BCUT2D eigenvalue weighted by Gasteiger charge is 2.12. The van der Waals surface area contributed by atoms with Gasteiger partial charge in [0, 0.05) is 22.8 Å². The molecule has 0 radical (unpaired) electrons. The molecule has 6 nitrogen and oxygen atoms in total. The van der Waals surface area contributed by atoms with Crippen LogP contribution in [0.15, 0.2) is 66.6 Å².